The van der Waals surface area contributed by atoms with Crippen LogP contribution in [0.3, 0.4) is 0 Å². The van der Waals surface area contributed by atoms with Crippen molar-refractivity contribution >= 4 is 0 Å². The maximum atomic E-state index is 5.80. The Balaban J connectivity index is 2.45. The van der Waals surface area contributed by atoms with Gasteiger partial charge in [0.1, 0.15) is 0 Å². The minimum atomic E-state index is 0.318. The molecule has 3 nitrogen and oxygen atoms in total. The monoisotopic (exact) mass is 284 g/mol. The molecule has 120 valence electrons. The van der Waals surface area contributed by atoms with E-state index in [1.165, 1.54) is 25.8 Å². The van der Waals surface area contributed by atoms with E-state index < -0.39 is 0 Å². The van der Waals surface area contributed by atoms with Crippen LogP contribution in [0.1, 0.15) is 47.0 Å². The number of hydrogen-bond donors (Lipinski definition) is 1. The van der Waals surface area contributed by atoms with Crippen molar-refractivity contribution < 1.29 is 4.74 Å². The summed E-state index contributed by atoms with van der Waals surface area (Å²) in [5.74, 6) is 1.50. The second-order valence-electron chi connectivity index (χ2n) is 7.60. The highest BCUT2D eigenvalue weighted by Gasteiger charge is 2.33. The lowest BCUT2D eigenvalue weighted by Gasteiger charge is -2.40. The number of nitrogens with one attached hydrogen (secondary N) is 1. The van der Waals surface area contributed by atoms with Crippen LogP contribution >= 0.6 is 0 Å². The van der Waals surface area contributed by atoms with Crippen molar-refractivity contribution in [3.8, 4) is 0 Å². The molecular formula is C17H36N2O. The van der Waals surface area contributed by atoms with Crippen LogP contribution < -0.4 is 5.32 Å². The van der Waals surface area contributed by atoms with Gasteiger partial charge in [-0.15, -0.1) is 0 Å². The van der Waals surface area contributed by atoms with Crippen molar-refractivity contribution in [3.63, 3.8) is 0 Å². The molecule has 1 saturated heterocycles. The predicted octanol–water partition coefficient (Wildman–Crippen LogP) is 3.01. The summed E-state index contributed by atoms with van der Waals surface area (Å²) in [7, 11) is 2.27. The minimum absolute atomic E-state index is 0.318. The van der Waals surface area contributed by atoms with Gasteiger partial charge >= 0.3 is 0 Å². The molecule has 1 fully saturated rings. The summed E-state index contributed by atoms with van der Waals surface area (Å²) >= 11 is 0. The maximum Gasteiger partial charge on any atom is 0.0546 e. The summed E-state index contributed by atoms with van der Waals surface area (Å²) in [5.41, 5.74) is 0.318. The van der Waals surface area contributed by atoms with Crippen LogP contribution in [0.15, 0.2) is 0 Å². The van der Waals surface area contributed by atoms with E-state index in [0.29, 0.717) is 5.41 Å². The fourth-order valence-corrected chi connectivity index (χ4v) is 2.99. The van der Waals surface area contributed by atoms with Crippen molar-refractivity contribution in [2.45, 2.75) is 47.0 Å². The van der Waals surface area contributed by atoms with Gasteiger partial charge in [-0.05, 0) is 51.2 Å². The van der Waals surface area contributed by atoms with Gasteiger partial charge < -0.3 is 15.0 Å². The Hall–Kier alpha value is -0.120. The maximum absolute atomic E-state index is 5.80. The van der Waals surface area contributed by atoms with Crippen molar-refractivity contribution in [1.29, 1.82) is 0 Å². The molecule has 3 heteroatoms. The van der Waals surface area contributed by atoms with Gasteiger partial charge in [0.25, 0.3) is 0 Å². The third-order valence-corrected chi connectivity index (χ3v) is 4.15. The minimum Gasteiger partial charge on any atom is -0.381 e. The first-order valence-corrected chi connectivity index (χ1v) is 8.40. The molecule has 0 bridgehead atoms. The zero-order valence-electron chi connectivity index (χ0n) is 14.4. The Morgan fingerprint density at radius 2 is 1.95 bits per heavy atom. The zero-order chi connectivity index (χ0) is 15.0. The summed E-state index contributed by atoms with van der Waals surface area (Å²) in [6, 6.07) is 0. The van der Waals surface area contributed by atoms with E-state index in [-0.39, 0.29) is 0 Å². The lowest BCUT2D eigenvalue weighted by atomic mass is 9.81. The van der Waals surface area contributed by atoms with Crippen LogP contribution in [-0.4, -0.2) is 51.3 Å². The summed E-state index contributed by atoms with van der Waals surface area (Å²) < 4.78 is 5.80. The Bertz CT molecular complexity index is 247. The average Bonchev–Trinajstić information content (AvgIpc) is 2.37. The normalized spacial score (nSPS) is 24.0. The second kappa shape index (κ2) is 9.01. The molecule has 1 heterocycles. The Kier molecular flexibility index (Phi) is 8.08. The van der Waals surface area contributed by atoms with E-state index in [1.807, 2.05) is 0 Å². The van der Waals surface area contributed by atoms with Crippen LogP contribution in [0.5, 0.6) is 0 Å². The van der Waals surface area contributed by atoms with E-state index >= 15 is 0 Å². The van der Waals surface area contributed by atoms with Gasteiger partial charge in [-0.3, -0.25) is 0 Å². The molecule has 0 spiro atoms. The Morgan fingerprint density at radius 1 is 1.20 bits per heavy atom. The van der Waals surface area contributed by atoms with E-state index in [9.17, 15) is 0 Å². The molecule has 0 aromatic heterocycles. The lowest BCUT2D eigenvalue weighted by molar-refractivity contribution is -0.0232. The summed E-state index contributed by atoms with van der Waals surface area (Å²) in [6.07, 6.45) is 3.79. The van der Waals surface area contributed by atoms with Gasteiger partial charge in [0.15, 0.2) is 0 Å². The summed E-state index contributed by atoms with van der Waals surface area (Å²) in [5, 5.41) is 3.66. The van der Waals surface area contributed by atoms with E-state index in [1.54, 1.807) is 0 Å². The second-order valence-corrected chi connectivity index (χ2v) is 7.60. The number of rotatable bonds is 9. The van der Waals surface area contributed by atoms with Crippen LogP contribution in [0.25, 0.3) is 0 Å². The van der Waals surface area contributed by atoms with E-state index in [2.05, 4.69) is 45.0 Å². The Morgan fingerprint density at radius 3 is 2.50 bits per heavy atom. The fraction of sp³-hybridized carbons (Fsp3) is 1.00. The zero-order valence-corrected chi connectivity index (χ0v) is 14.4. The first-order chi connectivity index (χ1) is 9.43. The largest absolute Gasteiger partial charge is 0.381 e. The van der Waals surface area contributed by atoms with Crippen molar-refractivity contribution in [2.24, 2.45) is 17.3 Å². The van der Waals surface area contributed by atoms with Gasteiger partial charge in [0.2, 0.25) is 0 Å². The van der Waals surface area contributed by atoms with Gasteiger partial charge in [-0.25, -0.2) is 0 Å². The highest BCUT2D eigenvalue weighted by atomic mass is 16.5. The fourth-order valence-electron chi connectivity index (χ4n) is 2.99. The molecule has 1 unspecified atom stereocenters. The highest BCUT2D eigenvalue weighted by Crippen LogP contribution is 2.29. The number of ether oxygens (including phenoxy) is 1. The van der Waals surface area contributed by atoms with Gasteiger partial charge in [0, 0.05) is 25.1 Å². The van der Waals surface area contributed by atoms with Crippen LogP contribution in [0, 0.1) is 17.3 Å². The molecule has 1 aliphatic heterocycles. The number of hydrogen-bond acceptors (Lipinski definition) is 3. The molecule has 0 aromatic carbocycles. The van der Waals surface area contributed by atoms with Crippen LogP contribution in [0.2, 0.25) is 0 Å². The van der Waals surface area contributed by atoms with E-state index in [0.717, 1.165) is 44.7 Å². The van der Waals surface area contributed by atoms with Crippen LogP contribution in [-0.2, 0) is 4.74 Å². The topological polar surface area (TPSA) is 24.5 Å². The molecule has 1 aliphatic rings. The van der Waals surface area contributed by atoms with Crippen molar-refractivity contribution in [2.75, 3.05) is 46.4 Å². The molecule has 1 atom stereocenters. The van der Waals surface area contributed by atoms with Gasteiger partial charge in [-0.2, -0.15) is 0 Å². The molecule has 0 radical (unpaired) electrons. The SMILES string of the molecule is CC(C)CCN(C)CC1(CNCC(C)C)CCCOC1. The predicted molar refractivity (Wildman–Crippen MR) is 87.1 cm³/mol. The van der Waals surface area contributed by atoms with Gasteiger partial charge in [-0.1, -0.05) is 27.7 Å². The highest BCUT2D eigenvalue weighted by molar-refractivity contribution is 4.87. The molecule has 0 saturated carbocycles. The summed E-state index contributed by atoms with van der Waals surface area (Å²) in [4.78, 5) is 2.51. The first kappa shape index (κ1) is 17.9. The smallest absolute Gasteiger partial charge is 0.0546 e. The van der Waals surface area contributed by atoms with Crippen molar-refractivity contribution in [3.05, 3.63) is 0 Å². The van der Waals surface area contributed by atoms with Crippen molar-refractivity contribution in [1.82, 2.24) is 10.2 Å². The third kappa shape index (κ3) is 7.05. The molecular weight excluding hydrogens is 248 g/mol. The third-order valence-electron chi connectivity index (χ3n) is 4.15. The van der Waals surface area contributed by atoms with E-state index in [4.69, 9.17) is 4.74 Å². The quantitative estimate of drug-likeness (QED) is 0.704. The van der Waals surface area contributed by atoms with Gasteiger partial charge in [0.05, 0.1) is 6.61 Å². The molecule has 0 amide bonds. The average molecular weight is 284 g/mol. The van der Waals surface area contributed by atoms with Crippen LogP contribution in [0.4, 0.5) is 0 Å². The molecule has 0 aliphatic carbocycles. The molecule has 0 aromatic rings. The molecule has 1 N–H and O–H groups in total. The molecule has 20 heavy (non-hydrogen) atoms. The summed E-state index contributed by atoms with van der Waals surface area (Å²) in [6.45, 7) is 15.6. The first-order valence-electron chi connectivity index (χ1n) is 8.40. The number of nitrogens with zero attached hydrogens (tertiary/aromatic N) is 1. The standard InChI is InChI=1S/C17H36N2O/c1-15(2)7-9-19(5)13-17(8-6-10-20-14-17)12-18-11-16(3)4/h15-16,18H,6-14H2,1-5H3. The molecule has 1 rings (SSSR count). The Labute approximate surface area is 126 Å². The lowest BCUT2D eigenvalue weighted by Crippen LogP contribution is -2.48.